The Morgan fingerprint density at radius 1 is 1.03 bits per heavy atom. The molecular weight excluding hydrogens is 440 g/mol. The van der Waals surface area contributed by atoms with Crippen LogP contribution in [0.3, 0.4) is 0 Å². The van der Waals surface area contributed by atoms with E-state index in [1.807, 2.05) is 0 Å². The van der Waals surface area contributed by atoms with Crippen molar-refractivity contribution in [1.29, 1.82) is 0 Å². The van der Waals surface area contributed by atoms with Gasteiger partial charge in [0.05, 0.1) is 0 Å². The van der Waals surface area contributed by atoms with Crippen LogP contribution in [0.25, 0.3) is 0 Å². The molecule has 0 aromatic heterocycles. The van der Waals surface area contributed by atoms with Gasteiger partial charge in [-0.3, -0.25) is 9.59 Å². The molecule has 3 saturated carbocycles. The average Bonchev–Trinajstić information content (AvgIpc) is 3.07. The molecule has 0 aliphatic heterocycles. The minimum absolute atomic E-state index is 0.117. The zero-order valence-corrected chi connectivity index (χ0v) is 25.5. The van der Waals surface area contributed by atoms with Crippen molar-refractivity contribution in [3.05, 3.63) is 11.6 Å². The Balaban J connectivity index is 1.65. The second-order valence-electron chi connectivity index (χ2n) is 15.7. The highest BCUT2D eigenvalue weighted by molar-refractivity contribution is 5.94. The Morgan fingerprint density at radius 3 is 2.28 bits per heavy atom. The molecule has 4 aliphatic carbocycles. The van der Waals surface area contributed by atoms with Crippen molar-refractivity contribution < 1.29 is 9.59 Å². The summed E-state index contributed by atoms with van der Waals surface area (Å²) in [4.78, 5) is 25.7. The van der Waals surface area contributed by atoms with Gasteiger partial charge in [-0.15, -0.1) is 0 Å². The molecule has 0 N–H and O–H groups in total. The smallest absolute Gasteiger partial charge is 0.159 e. The molecule has 36 heavy (non-hydrogen) atoms. The van der Waals surface area contributed by atoms with Gasteiger partial charge in [-0.05, 0) is 115 Å². The number of hydrogen-bond donors (Lipinski definition) is 0. The zero-order valence-electron chi connectivity index (χ0n) is 25.5. The molecule has 2 heteroatoms. The summed E-state index contributed by atoms with van der Waals surface area (Å²) in [5, 5.41) is 0. The number of allylic oxidation sites excluding steroid dienone is 2. The maximum Gasteiger partial charge on any atom is 0.159 e. The predicted molar refractivity (Wildman–Crippen MR) is 150 cm³/mol. The maximum absolute atomic E-state index is 13.7. The summed E-state index contributed by atoms with van der Waals surface area (Å²) in [6, 6.07) is 0. The summed E-state index contributed by atoms with van der Waals surface area (Å²) in [5.74, 6) is 4.66. The topological polar surface area (TPSA) is 34.1 Å². The van der Waals surface area contributed by atoms with E-state index in [2.05, 4.69) is 75.3 Å². The first-order chi connectivity index (χ1) is 16.5. The van der Waals surface area contributed by atoms with Crippen LogP contribution in [0.2, 0.25) is 0 Å². The maximum atomic E-state index is 13.7. The van der Waals surface area contributed by atoms with Gasteiger partial charge in [0.25, 0.3) is 0 Å². The molecule has 4 aliphatic rings. The highest BCUT2D eigenvalue weighted by Crippen LogP contribution is 2.74. The first kappa shape index (κ1) is 28.1. The Bertz CT molecular complexity index is 927. The predicted octanol–water partition coefficient (Wildman–Crippen LogP) is 8.93. The third-order valence-electron chi connectivity index (χ3n) is 13.9. The van der Waals surface area contributed by atoms with Gasteiger partial charge in [0.1, 0.15) is 5.78 Å². The van der Waals surface area contributed by atoms with Crippen LogP contribution in [-0.4, -0.2) is 11.6 Å². The van der Waals surface area contributed by atoms with Crippen LogP contribution < -0.4 is 0 Å². The van der Waals surface area contributed by atoms with Gasteiger partial charge in [0.15, 0.2) is 5.78 Å². The van der Waals surface area contributed by atoms with Crippen molar-refractivity contribution in [2.75, 3.05) is 0 Å². The SMILES string of the molecule is CC(=O)C(C)[C@@H](C)C[C@@H](C)C(C)(C)[C@H]1CC[C@@]2(C)C3=CC(=O)[C@@H]4C[C@@H](C)[C@@H](C)C[C@]4(C)C3CC[C@]12C. The zero-order chi connectivity index (χ0) is 27.0. The molecule has 11 atom stereocenters. The third kappa shape index (κ3) is 3.93. The van der Waals surface area contributed by atoms with Gasteiger partial charge in [0.2, 0.25) is 0 Å². The van der Waals surface area contributed by atoms with Crippen LogP contribution in [-0.2, 0) is 9.59 Å². The van der Waals surface area contributed by atoms with Gasteiger partial charge < -0.3 is 0 Å². The average molecular weight is 497 g/mol. The highest BCUT2D eigenvalue weighted by atomic mass is 16.1. The van der Waals surface area contributed by atoms with Crippen molar-refractivity contribution in [3.63, 3.8) is 0 Å². The van der Waals surface area contributed by atoms with Gasteiger partial charge in [-0.2, -0.15) is 0 Å². The standard InChI is InChI=1S/C34H56O2/c1-20-17-28-29(36)18-27-26(32(28,9)19-22(20)3)12-14-34(11)30(13-15-33(27,34)10)31(7,8)23(4)16-21(2)24(5)25(6)35/h18,20-24,26,28,30H,12-17,19H2,1-11H3/t20-,21+,22+,23-,24?,26?,28+,30-,32-,33+,34-/m1/s1. The molecule has 204 valence electrons. The van der Waals surface area contributed by atoms with Crippen LogP contribution >= 0.6 is 0 Å². The van der Waals surface area contributed by atoms with Gasteiger partial charge in [-0.25, -0.2) is 0 Å². The fraction of sp³-hybridized carbons (Fsp3) is 0.882. The molecule has 0 saturated heterocycles. The Labute approximate surface area is 222 Å². The van der Waals surface area contributed by atoms with Crippen LogP contribution in [0.5, 0.6) is 0 Å². The molecule has 0 bridgehead atoms. The van der Waals surface area contributed by atoms with E-state index in [4.69, 9.17) is 0 Å². The number of carbonyl (C=O) groups excluding carboxylic acids is 2. The monoisotopic (exact) mass is 496 g/mol. The van der Waals surface area contributed by atoms with E-state index < -0.39 is 0 Å². The molecule has 0 spiro atoms. The summed E-state index contributed by atoms with van der Waals surface area (Å²) in [6.07, 6.45) is 10.6. The second-order valence-corrected chi connectivity index (χ2v) is 15.7. The van der Waals surface area contributed by atoms with Crippen molar-refractivity contribution in [1.82, 2.24) is 0 Å². The van der Waals surface area contributed by atoms with Gasteiger partial charge in [-0.1, -0.05) is 74.8 Å². The van der Waals surface area contributed by atoms with E-state index >= 15 is 0 Å². The number of Topliss-reactive ketones (excluding diaryl/α,β-unsaturated/α-hetero) is 1. The summed E-state index contributed by atoms with van der Waals surface area (Å²) in [7, 11) is 0. The molecule has 0 radical (unpaired) electrons. The minimum Gasteiger partial charge on any atom is -0.300 e. The van der Waals surface area contributed by atoms with Crippen LogP contribution in [0.15, 0.2) is 11.6 Å². The van der Waals surface area contributed by atoms with E-state index in [9.17, 15) is 9.59 Å². The van der Waals surface area contributed by atoms with Gasteiger partial charge >= 0.3 is 0 Å². The van der Waals surface area contributed by atoms with E-state index in [-0.39, 0.29) is 33.5 Å². The van der Waals surface area contributed by atoms with E-state index in [1.54, 1.807) is 6.92 Å². The molecule has 3 fully saturated rings. The van der Waals surface area contributed by atoms with E-state index in [1.165, 1.54) is 37.7 Å². The van der Waals surface area contributed by atoms with Crippen molar-refractivity contribution >= 4 is 11.6 Å². The van der Waals surface area contributed by atoms with Crippen LogP contribution in [0, 0.1) is 69.0 Å². The van der Waals surface area contributed by atoms with Crippen LogP contribution in [0.4, 0.5) is 0 Å². The Kier molecular flexibility index (Phi) is 7.09. The van der Waals surface area contributed by atoms with E-state index in [0.717, 1.165) is 12.8 Å². The van der Waals surface area contributed by atoms with Crippen molar-refractivity contribution in [2.45, 2.75) is 121 Å². The molecule has 0 aromatic carbocycles. The summed E-state index contributed by atoms with van der Waals surface area (Å²) >= 11 is 0. The molecule has 2 nitrogen and oxygen atoms in total. The number of hydrogen-bond acceptors (Lipinski definition) is 2. The normalized spacial score (nSPS) is 45.1. The Morgan fingerprint density at radius 2 is 1.67 bits per heavy atom. The first-order valence-corrected chi connectivity index (χ1v) is 15.3. The summed E-state index contributed by atoms with van der Waals surface area (Å²) in [6.45, 7) is 26.0. The lowest BCUT2D eigenvalue weighted by molar-refractivity contribution is -0.134. The van der Waals surface area contributed by atoms with Crippen LogP contribution in [0.1, 0.15) is 121 Å². The summed E-state index contributed by atoms with van der Waals surface area (Å²) < 4.78 is 0. The highest BCUT2D eigenvalue weighted by Gasteiger charge is 2.66. The molecule has 0 heterocycles. The third-order valence-corrected chi connectivity index (χ3v) is 13.9. The summed E-state index contributed by atoms with van der Waals surface area (Å²) in [5.41, 5.74) is 2.21. The fourth-order valence-electron chi connectivity index (χ4n) is 10.3. The fourth-order valence-corrected chi connectivity index (χ4v) is 10.3. The van der Waals surface area contributed by atoms with Crippen molar-refractivity contribution in [3.8, 4) is 0 Å². The largest absolute Gasteiger partial charge is 0.300 e. The molecule has 2 unspecified atom stereocenters. The number of rotatable bonds is 6. The number of carbonyl (C=O) groups is 2. The molecule has 4 rings (SSSR count). The first-order valence-electron chi connectivity index (χ1n) is 15.3. The second kappa shape index (κ2) is 9.08. The lowest BCUT2D eigenvalue weighted by atomic mass is 9.41. The molecular formula is C34H56O2. The Hall–Kier alpha value is -0.920. The van der Waals surface area contributed by atoms with Gasteiger partial charge in [0, 0.05) is 11.8 Å². The number of ketones is 2. The lowest BCUT2D eigenvalue weighted by Crippen LogP contribution is -2.56. The number of fused-ring (bicyclic) bond motifs is 5. The lowest BCUT2D eigenvalue weighted by Gasteiger charge is -2.62. The quantitative estimate of drug-likeness (QED) is 0.368. The van der Waals surface area contributed by atoms with Crippen molar-refractivity contribution in [2.24, 2.45) is 69.0 Å². The molecule has 0 amide bonds. The molecule has 0 aromatic rings. The van der Waals surface area contributed by atoms with E-state index in [0.29, 0.717) is 47.1 Å². The minimum atomic E-state index is 0.117.